The van der Waals surface area contributed by atoms with Crippen LogP contribution in [0.4, 0.5) is 4.39 Å². The molecule has 1 rings (SSSR count). The van der Waals surface area contributed by atoms with E-state index in [4.69, 9.17) is 4.74 Å². The minimum atomic E-state index is -0.168. The molecule has 1 atom stereocenters. The highest BCUT2D eigenvalue weighted by Crippen LogP contribution is 2.13. The Bertz CT molecular complexity index is 316. The van der Waals surface area contributed by atoms with Crippen molar-refractivity contribution in [3.8, 4) is 0 Å². The van der Waals surface area contributed by atoms with E-state index in [1.807, 2.05) is 19.1 Å². The van der Waals surface area contributed by atoms with E-state index < -0.39 is 0 Å². The van der Waals surface area contributed by atoms with E-state index in [2.05, 4.69) is 12.2 Å². The Labute approximate surface area is 116 Å². The number of benzene rings is 1. The van der Waals surface area contributed by atoms with Crippen molar-refractivity contribution in [2.45, 2.75) is 33.1 Å². The minimum absolute atomic E-state index is 0.168. The molecule has 19 heavy (non-hydrogen) atoms. The molecule has 0 saturated carbocycles. The second-order valence-corrected chi connectivity index (χ2v) is 4.89. The van der Waals surface area contributed by atoms with Crippen LogP contribution in [0.2, 0.25) is 0 Å². The number of hydrogen-bond acceptors (Lipinski definition) is 2. The minimum Gasteiger partial charge on any atom is -0.382 e. The van der Waals surface area contributed by atoms with Crippen LogP contribution < -0.4 is 5.32 Å². The Kier molecular flexibility index (Phi) is 8.43. The molecule has 0 aliphatic heterocycles. The molecule has 1 unspecified atom stereocenters. The second-order valence-electron chi connectivity index (χ2n) is 4.89. The van der Waals surface area contributed by atoms with Crippen molar-refractivity contribution in [2.24, 2.45) is 5.92 Å². The number of nitrogens with one attached hydrogen (secondary N) is 1. The molecule has 0 amide bonds. The summed E-state index contributed by atoms with van der Waals surface area (Å²) in [6.45, 7) is 7.81. The average molecular weight is 267 g/mol. The van der Waals surface area contributed by atoms with E-state index in [1.165, 1.54) is 17.7 Å². The van der Waals surface area contributed by atoms with Gasteiger partial charge in [0.2, 0.25) is 0 Å². The average Bonchev–Trinajstić information content (AvgIpc) is 2.41. The van der Waals surface area contributed by atoms with Crippen LogP contribution in [-0.4, -0.2) is 26.3 Å². The molecule has 0 aromatic heterocycles. The van der Waals surface area contributed by atoms with Crippen LogP contribution in [0.25, 0.3) is 0 Å². The van der Waals surface area contributed by atoms with Gasteiger partial charge >= 0.3 is 0 Å². The zero-order chi connectivity index (χ0) is 13.9. The van der Waals surface area contributed by atoms with Gasteiger partial charge in [-0.05, 0) is 62.9 Å². The molecule has 1 aromatic rings. The van der Waals surface area contributed by atoms with Crippen molar-refractivity contribution >= 4 is 0 Å². The molecular formula is C16H26FNO. The third kappa shape index (κ3) is 7.28. The molecule has 108 valence electrons. The molecule has 1 N–H and O–H groups in total. The monoisotopic (exact) mass is 267 g/mol. The van der Waals surface area contributed by atoms with Crippen LogP contribution in [0.5, 0.6) is 0 Å². The maximum atomic E-state index is 12.9. The van der Waals surface area contributed by atoms with Crippen molar-refractivity contribution in [1.82, 2.24) is 5.32 Å². The highest BCUT2D eigenvalue weighted by molar-refractivity contribution is 5.16. The lowest BCUT2D eigenvalue weighted by molar-refractivity contribution is 0.131. The first-order valence-corrected chi connectivity index (χ1v) is 7.29. The summed E-state index contributed by atoms with van der Waals surface area (Å²) in [6.07, 6.45) is 3.17. The first-order chi connectivity index (χ1) is 9.26. The molecule has 0 saturated heterocycles. The summed E-state index contributed by atoms with van der Waals surface area (Å²) < 4.78 is 18.3. The van der Waals surface area contributed by atoms with Gasteiger partial charge in [-0.3, -0.25) is 0 Å². The van der Waals surface area contributed by atoms with Gasteiger partial charge < -0.3 is 10.1 Å². The van der Waals surface area contributed by atoms with E-state index in [1.54, 1.807) is 0 Å². The van der Waals surface area contributed by atoms with Crippen LogP contribution in [0.1, 0.15) is 32.3 Å². The van der Waals surface area contributed by atoms with Crippen LogP contribution >= 0.6 is 0 Å². The van der Waals surface area contributed by atoms with E-state index >= 15 is 0 Å². The molecule has 0 fully saturated rings. The fraction of sp³-hybridized carbons (Fsp3) is 0.625. The quantitative estimate of drug-likeness (QED) is 0.656. The molecular weight excluding hydrogens is 241 g/mol. The number of rotatable bonds is 10. The lowest BCUT2D eigenvalue weighted by Gasteiger charge is -2.17. The fourth-order valence-corrected chi connectivity index (χ4v) is 2.11. The van der Waals surface area contributed by atoms with E-state index in [0.29, 0.717) is 5.92 Å². The van der Waals surface area contributed by atoms with Gasteiger partial charge in [0.25, 0.3) is 0 Å². The molecule has 0 aliphatic rings. The Morgan fingerprint density at radius 1 is 1.21 bits per heavy atom. The zero-order valence-corrected chi connectivity index (χ0v) is 12.1. The Morgan fingerprint density at radius 2 is 1.95 bits per heavy atom. The maximum absolute atomic E-state index is 12.9. The molecule has 1 aromatic carbocycles. The van der Waals surface area contributed by atoms with Gasteiger partial charge in [-0.15, -0.1) is 0 Å². The van der Waals surface area contributed by atoms with Crippen molar-refractivity contribution < 1.29 is 9.13 Å². The molecule has 2 nitrogen and oxygen atoms in total. The summed E-state index contributed by atoms with van der Waals surface area (Å²) in [6, 6.07) is 6.83. The highest BCUT2D eigenvalue weighted by Gasteiger charge is 2.09. The van der Waals surface area contributed by atoms with Gasteiger partial charge in [-0.2, -0.15) is 0 Å². The van der Waals surface area contributed by atoms with Crippen molar-refractivity contribution in [2.75, 3.05) is 26.3 Å². The lowest BCUT2D eigenvalue weighted by atomic mass is 9.96. The summed E-state index contributed by atoms with van der Waals surface area (Å²) in [5, 5.41) is 3.46. The Balaban J connectivity index is 2.44. The predicted octanol–water partition coefficient (Wildman–Crippen LogP) is 3.41. The van der Waals surface area contributed by atoms with Crippen LogP contribution in [0.15, 0.2) is 24.3 Å². The normalized spacial score (nSPS) is 12.6. The lowest BCUT2D eigenvalue weighted by Crippen LogP contribution is -2.26. The Morgan fingerprint density at radius 3 is 2.58 bits per heavy atom. The number of ether oxygens (including phenoxy) is 1. The SMILES string of the molecule is CCCNCC(CCOCC)Cc1ccc(F)cc1. The standard InChI is InChI=1S/C16H26FNO/c1-3-10-18-13-15(9-11-19-4-2)12-14-5-7-16(17)8-6-14/h5-8,15,18H,3-4,9-13H2,1-2H3. The third-order valence-electron chi connectivity index (χ3n) is 3.17. The van der Waals surface area contributed by atoms with Crippen molar-refractivity contribution in [3.63, 3.8) is 0 Å². The molecule has 0 spiro atoms. The molecule has 0 bridgehead atoms. The van der Waals surface area contributed by atoms with Gasteiger partial charge in [0.15, 0.2) is 0 Å². The number of hydrogen-bond donors (Lipinski definition) is 1. The topological polar surface area (TPSA) is 21.3 Å². The summed E-state index contributed by atoms with van der Waals surface area (Å²) in [7, 11) is 0. The molecule has 0 radical (unpaired) electrons. The van der Waals surface area contributed by atoms with Gasteiger partial charge in [0.1, 0.15) is 5.82 Å². The molecule has 0 heterocycles. The maximum Gasteiger partial charge on any atom is 0.123 e. The van der Waals surface area contributed by atoms with Crippen molar-refractivity contribution in [1.29, 1.82) is 0 Å². The van der Waals surface area contributed by atoms with Crippen molar-refractivity contribution in [3.05, 3.63) is 35.6 Å². The molecule has 0 aliphatic carbocycles. The Hall–Kier alpha value is -0.930. The van der Waals surface area contributed by atoms with Gasteiger partial charge in [-0.25, -0.2) is 4.39 Å². The summed E-state index contributed by atoms with van der Waals surface area (Å²) in [4.78, 5) is 0. The van der Waals surface area contributed by atoms with Gasteiger partial charge in [0.05, 0.1) is 0 Å². The summed E-state index contributed by atoms with van der Waals surface area (Å²) in [5.41, 5.74) is 1.20. The van der Waals surface area contributed by atoms with Crippen LogP contribution in [0.3, 0.4) is 0 Å². The smallest absolute Gasteiger partial charge is 0.123 e. The van der Waals surface area contributed by atoms with Crippen LogP contribution in [0, 0.1) is 11.7 Å². The predicted molar refractivity (Wildman–Crippen MR) is 77.9 cm³/mol. The summed E-state index contributed by atoms with van der Waals surface area (Å²) >= 11 is 0. The largest absolute Gasteiger partial charge is 0.382 e. The molecule has 3 heteroatoms. The van der Waals surface area contributed by atoms with Crippen LogP contribution in [-0.2, 0) is 11.2 Å². The summed E-state index contributed by atoms with van der Waals surface area (Å²) in [5.74, 6) is 0.377. The fourth-order valence-electron chi connectivity index (χ4n) is 2.11. The first-order valence-electron chi connectivity index (χ1n) is 7.29. The van der Waals surface area contributed by atoms with Gasteiger partial charge in [0, 0.05) is 13.2 Å². The first kappa shape index (κ1) is 16.1. The van der Waals surface area contributed by atoms with E-state index in [9.17, 15) is 4.39 Å². The second kappa shape index (κ2) is 9.93. The van der Waals surface area contributed by atoms with E-state index in [0.717, 1.165) is 45.6 Å². The highest BCUT2D eigenvalue weighted by atomic mass is 19.1. The number of halogens is 1. The van der Waals surface area contributed by atoms with E-state index in [-0.39, 0.29) is 5.82 Å². The third-order valence-corrected chi connectivity index (χ3v) is 3.17. The zero-order valence-electron chi connectivity index (χ0n) is 12.1. The van der Waals surface area contributed by atoms with Gasteiger partial charge in [-0.1, -0.05) is 19.1 Å².